The lowest BCUT2D eigenvalue weighted by atomic mass is 9.82. The number of rotatable bonds is 15. The van der Waals surface area contributed by atoms with E-state index in [9.17, 15) is 0 Å². The number of fused-ring (bicyclic) bond motifs is 12. The average molecular weight is 1410 g/mol. The van der Waals surface area contributed by atoms with Crippen LogP contribution in [0.5, 0.6) is 0 Å². The number of nitrogens with zero attached hydrogens (tertiary/aromatic N) is 4. The second-order valence-corrected chi connectivity index (χ2v) is 30.8. The van der Waals surface area contributed by atoms with Gasteiger partial charge < -0.3 is 18.9 Å². The summed E-state index contributed by atoms with van der Waals surface area (Å²) in [6, 6.07) is 136. The Bertz CT molecular complexity index is 6620. The second-order valence-electron chi connectivity index (χ2n) is 30.8. The molecule has 0 fully saturated rings. The predicted octanol–water partition coefficient (Wildman–Crippen LogP) is 29.0. The van der Waals surface area contributed by atoms with Crippen molar-refractivity contribution in [2.24, 2.45) is 0 Å². The smallest absolute Gasteiger partial charge is 0.0541 e. The van der Waals surface area contributed by atoms with Crippen molar-refractivity contribution in [3.8, 4) is 89.3 Å². The van der Waals surface area contributed by atoms with Crippen molar-refractivity contribution in [2.75, 3.05) is 9.80 Å². The molecule has 4 heteroatoms. The highest BCUT2D eigenvalue weighted by atomic mass is 15.2. The van der Waals surface area contributed by atoms with Crippen molar-refractivity contribution in [3.05, 3.63) is 404 Å². The van der Waals surface area contributed by atoms with Crippen LogP contribution < -0.4 is 9.80 Å². The van der Waals surface area contributed by atoms with Gasteiger partial charge in [0.2, 0.25) is 0 Å². The lowest BCUT2D eigenvalue weighted by Gasteiger charge is -2.28. The second kappa shape index (κ2) is 26.2. The third-order valence-electron chi connectivity index (χ3n) is 23.9. The maximum absolute atomic E-state index is 3.99. The molecule has 0 unspecified atom stereocenters. The molecule has 2 heterocycles. The highest BCUT2D eigenvalue weighted by molar-refractivity contribution is 6.14. The maximum atomic E-state index is 3.99. The summed E-state index contributed by atoms with van der Waals surface area (Å²) >= 11 is 0. The molecule has 0 amide bonds. The van der Waals surface area contributed by atoms with Gasteiger partial charge >= 0.3 is 0 Å². The largest absolute Gasteiger partial charge is 0.310 e. The summed E-state index contributed by atoms with van der Waals surface area (Å²) in [5, 5.41) is 4.78. The van der Waals surface area contributed by atoms with Gasteiger partial charge in [-0.2, -0.15) is 0 Å². The van der Waals surface area contributed by atoms with E-state index in [1.807, 2.05) is 6.08 Å². The van der Waals surface area contributed by atoms with Crippen LogP contribution in [0.25, 0.3) is 139 Å². The molecule has 0 atom stereocenters. The quantitative estimate of drug-likeness (QED) is 0.102. The number of hydrogen-bond acceptors (Lipinski definition) is 2. The first-order valence-electron chi connectivity index (χ1n) is 38.5. The highest BCUT2D eigenvalue weighted by Crippen LogP contribution is 2.54. The van der Waals surface area contributed by atoms with Crippen LogP contribution in [-0.4, -0.2) is 9.13 Å². The molecule has 0 saturated carbocycles. The van der Waals surface area contributed by atoms with Gasteiger partial charge in [0, 0.05) is 77.9 Å². The van der Waals surface area contributed by atoms with E-state index >= 15 is 0 Å². The molecular weight excluding hydrogens is 1330 g/mol. The van der Waals surface area contributed by atoms with E-state index in [0.717, 1.165) is 96.2 Å². The van der Waals surface area contributed by atoms with Gasteiger partial charge in [-0.05, 0) is 263 Å². The monoisotopic (exact) mass is 1410 g/mol. The van der Waals surface area contributed by atoms with Gasteiger partial charge in [-0.3, -0.25) is 0 Å². The molecule has 0 N–H and O–H groups in total. The number of hydrogen-bond donors (Lipinski definition) is 0. The lowest BCUT2D eigenvalue weighted by molar-refractivity contribution is 0.660. The van der Waals surface area contributed by atoms with Crippen LogP contribution in [0.2, 0.25) is 0 Å². The Balaban J connectivity index is 0.694. The zero-order chi connectivity index (χ0) is 73.9. The van der Waals surface area contributed by atoms with E-state index in [0.29, 0.717) is 0 Å². The average Bonchev–Trinajstić information content (AvgIpc) is 1.59. The molecule has 0 spiro atoms. The molecule has 2 aromatic heterocycles. The normalized spacial score (nSPS) is 13.0. The summed E-state index contributed by atoms with van der Waals surface area (Å²) in [6.45, 7) is 15.7. The van der Waals surface area contributed by atoms with Gasteiger partial charge in [0.05, 0.1) is 22.1 Å². The molecule has 18 aromatic rings. The molecule has 2 aliphatic rings. The summed E-state index contributed by atoms with van der Waals surface area (Å²) < 4.78 is 4.92. The minimum absolute atomic E-state index is 0.158. The first-order valence-corrected chi connectivity index (χ1v) is 38.5. The van der Waals surface area contributed by atoms with Gasteiger partial charge in [-0.1, -0.05) is 266 Å². The van der Waals surface area contributed by atoms with Gasteiger partial charge in [-0.25, -0.2) is 0 Å². The van der Waals surface area contributed by atoms with E-state index in [4.69, 9.17) is 0 Å². The lowest BCUT2D eigenvalue weighted by Crippen LogP contribution is -2.16. The fraction of sp³-hybridized carbons (Fsp3) is 0.0755. The molecule has 0 bridgehead atoms. The fourth-order valence-electron chi connectivity index (χ4n) is 18.0. The topological polar surface area (TPSA) is 16.3 Å². The predicted molar refractivity (Wildman–Crippen MR) is 466 cm³/mol. The van der Waals surface area contributed by atoms with E-state index in [1.165, 1.54) is 111 Å². The Morgan fingerprint density at radius 3 is 0.900 bits per heavy atom. The van der Waals surface area contributed by atoms with E-state index in [-0.39, 0.29) is 10.8 Å². The minimum Gasteiger partial charge on any atom is -0.310 e. The third-order valence-corrected chi connectivity index (χ3v) is 23.9. The van der Waals surface area contributed by atoms with E-state index in [2.05, 4.69) is 424 Å². The fourth-order valence-corrected chi connectivity index (χ4v) is 18.0. The first-order chi connectivity index (χ1) is 53.9. The van der Waals surface area contributed by atoms with Gasteiger partial charge in [-0.15, -0.1) is 0 Å². The van der Waals surface area contributed by atoms with E-state index in [1.54, 1.807) is 0 Å². The zero-order valence-electron chi connectivity index (χ0n) is 62.4. The van der Waals surface area contributed by atoms with Gasteiger partial charge in [0.15, 0.2) is 0 Å². The number of aryl methyl sites for hydroxylation is 1. The highest BCUT2D eigenvalue weighted by Gasteiger charge is 2.38. The molecule has 110 heavy (non-hydrogen) atoms. The molecular formula is C106H80N4. The van der Waals surface area contributed by atoms with Crippen LogP contribution in [0.3, 0.4) is 0 Å². The maximum Gasteiger partial charge on any atom is 0.0541 e. The Labute approximate surface area is 643 Å². The van der Waals surface area contributed by atoms with Crippen LogP contribution in [0.15, 0.2) is 371 Å². The number of benzene rings is 16. The van der Waals surface area contributed by atoms with Crippen molar-refractivity contribution in [3.63, 3.8) is 0 Å². The summed E-state index contributed by atoms with van der Waals surface area (Å²) in [5.41, 5.74) is 37.9. The summed E-state index contributed by atoms with van der Waals surface area (Å²) in [4.78, 5) is 4.85. The van der Waals surface area contributed by atoms with Crippen molar-refractivity contribution >= 4 is 83.8 Å². The molecule has 0 aliphatic heterocycles. The van der Waals surface area contributed by atoms with Crippen LogP contribution >= 0.6 is 0 Å². The zero-order valence-corrected chi connectivity index (χ0v) is 62.4. The Kier molecular flexibility index (Phi) is 15.7. The molecule has 524 valence electrons. The summed E-state index contributed by atoms with van der Waals surface area (Å²) in [6.07, 6.45) is 2.91. The van der Waals surface area contributed by atoms with Crippen LogP contribution in [-0.2, 0) is 17.3 Å². The molecule has 0 saturated heterocycles. The number of anilines is 6. The van der Waals surface area contributed by atoms with Crippen molar-refractivity contribution in [1.29, 1.82) is 0 Å². The summed E-state index contributed by atoms with van der Waals surface area (Å²) in [5.74, 6) is 0. The number of aromatic nitrogens is 2. The summed E-state index contributed by atoms with van der Waals surface area (Å²) in [7, 11) is 0. The van der Waals surface area contributed by atoms with Crippen molar-refractivity contribution < 1.29 is 0 Å². The molecule has 0 radical (unpaired) electrons. The standard InChI is InChI=1S/C106H80N4/c1-7-69-27-31-73(32-28-69)75-35-43-81(44-36-75)107(87-55-57-91-89-23-15-17-25-97(89)105(3,4)99(91)67-87)83-47-51-85(52-48-83)109-101-59-39-77(71-19-11-9-12-20-71)63-93(101)95-65-79(41-61-103(95)109)80-42-62-104-96(66-80)94-64-78(72-21-13-10-14-22-72)40-60-102(94)110(104)86-53-49-84(50-54-86)108(82-45-37-76(38-46-82)74-33-29-70(8-2)30-34-74)88-56-58-92-90-24-16-18-26-98(90)106(5,6)100(92)68-88/h7,9-68H,1,8H2,2-6H3. The Hall–Kier alpha value is -13.5. The molecule has 4 nitrogen and oxygen atoms in total. The Morgan fingerprint density at radius 1 is 0.264 bits per heavy atom. The molecule has 20 rings (SSSR count). The minimum atomic E-state index is -0.163. The van der Waals surface area contributed by atoms with Crippen LogP contribution in [0, 0.1) is 0 Å². The van der Waals surface area contributed by atoms with Gasteiger partial charge in [0.25, 0.3) is 0 Å². The van der Waals surface area contributed by atoms with Crippen LogP contribution in [0.4, 0.5) is 34.1 Å². The Morgan fingerprint density at radius 2 is 0.545 bits per heavy atom. The van der Waals surface area contributed by atoms with Gasteiger partial charge in [0.1, 0.15) is 0 Å². The van der Waals surface area contributed by atoms with Crippen molar-refractivity contribution in [2.45, 2.75) is 51.9 Å². The SMILES string of the molecule is C=Cc1ccc(-c2ccc(N(c3ccc(-n4c5ccc(-c6ccccc6)cc5c5cc(-c6ccc7c(c6)c6cc(-c8ccccc8)ccc6n7-c6ccc(N(c7ccc(-c8ccc(CC)cc8)cc7)c7ccc8c(c7)C(C)(C)c7ccccc7-8)cc6)ccc54)cc3)c3ccc4c(c3)C(C)(C)c3ccccc3-4)cc2)cc1. The molecule has 2 aliphatic carbocycles. The molecule has 16 aromatic carbocycles. The van der Waals surface area contributed by atoms with Crippen LogP contribution in [0.1, 0.15) is 68.0 Å². The van der Waals surface area contributed by atoms with Crippen molar-refractivity contribution in [1.82, 2.24) is 9.13 Å². The van der Waals surface area contributed by atoms with E-state index < -0.39 is 0 Å². The third kappa shape index (κ3) is 11.0. The first kappa shape index (κ1) is 65.9.